The van der Waals surface area contributed by atoms with Gasteiger partial charge in [-0.3, -0.25) is 0 Å². The fraction of sp³-hybridized carbons (Fsp3) is 0.429. The number of anilines is 1. The van der Waals surface area contributed by atoms with Gasteiger partial charge in [0.2, 0.25) is 0 Å². The maximum atomic E-state index is 9.44. The van der Waals surface area contributed by atoms with Gasteiger partial charge in [0.1, 0.15) is 28.9 Å². The van der Waals surface area contributed by atoms with Gasteiger partial charge in [-0.05, 0) is 0 Å². The number of halogens is 1. The van der Waals surface area contributed by atoms with Crippen LogP contribution in [0.2, 0.25) is 5.15 Å². The van der Waals surface area contributed by atoms with Gasteiger partial charge in [-0.2, -0.15) is 0 Å². The van der Waals surface area contributed by atoms with Crippen LogP contribution in [0.15, 0.2) is 6.20 Å². The van der Waals surface area contributed by atoms with Gasteiger partial charge in [-0.15, -0.1) is 0 Å². The molecule has 0 aromatic carbocycles. The molecular weight excluding hydrogens is 210 g/mol. The topological polar surface area (TPSA) is 112 Å². The number of nitrogens with zero attached hydrogens (tertiary/aromatic N) is 2. The van der Waals surface area contributed by atoms with Crippen molar-refractivity contribution in [2.45, 2.75) is 12.2 Å². The molecule has 1 aromatic rings. The highest BCUT2D eigenvalue weighted by atomic mass is 35.5. The Morgan fingerprint density at radius 1 is 1.50 bits per heavy atom. The molecule has 0 saturated carbocycles. The van der Waals surface area contributed by atoms with Gasteiger partial charge in [-0.1, -0.05) is 11.6 Å². The number of hydrogen-bond donors (Lipinski definition) is 4. The fourth-order valence-electron chi connectivity index (χ4n) is 0.890. The lowest BCUT2D eigenvalue weighted by atomic mass is 10.1. The van der Waals surface area contributed by atoms with E-state index in [0.717, 1.165) is 0 Å². The second-order valence-corrected chi connectivity index (χ2v) is 3.05. The van der Waals surface area contributed by atoms with Crippen molar-refractivity contribution in [3.63, 3.8) is 0 Å². The zero-order valence-corrected chi connectivity index (χ0v) is 7.89. The van der Waals surface area contributed by atoms with Crippen molar-refractivity contribution >= 4 is 17.4 Å². The van der Waals surface area contributed by atoms with Gasteiger partial charge in [0.15, 0.2) is 0 Å². The second-order valence-electron chi connectivity index (χ2n) is 2.66. The van der Waals surface area contributed by atoms with E-state index in [1.54, 1.807) is 0 Å². The Hall–Kier alpha value is -0.950. The van der Waals surface area contributed by atoms with Gasteiger partial charge in [0, 0.05) is 0 Å². The van der Waals surface area contributed by atoms with Gasteiger partial charge in [0.05, 0.1) is 12.8 Å². The predicted molar refractivity (Wildman–Crippen MR) is 49.5 cm³/mol. The molecule has 0 aliphatic carbocycles. The van der Waals surface area contributed by atoms with Gasteiger partial charge in [-0.25, -0.2) is 9.97 Å². The summed E-state index contributed by atoms with van der Waals surface area (Å²) in [5, 5.41) is 27.2. The normalized spacial score (nSPS) is 15.1. The summed E-state index contributed by atoms with van der Waals surface area (Å²) < 4.78 is 0. The smallest absolute Gasteiger partial charge is 0.148 e. The van der Waals surface area contributed by atoms with Crippen LogP contribution < -0.4 is 5.73 Å². The lowest BCUT2D eigenvalue weighted by Gasteiger charge is -2.15. The molecule has 7 heteroatoms. The molecule has 1 aromatic heterocycles. The minimum Gasteiger partial charge on any atom is -0.394 e. The van der Waals surface area contributed by atoms with E-state index >= 15 is 0 Å². The molecule has 0 radical (unpaired) electrons. The molecule has 0 bridgehead atoms. The molecule has 1 heterocycles. The SMILES string of the molecule is Nc1ncc(Cl)nc1C(O)C(O)CO. The minimum atomic E-state index is -1.40. The molecule has 2 unspecified atom stereocenters. The quantitative estimate of drug-likeness (QED) is 0.524. The Morgan fingerprint density at radius 2 is 2.14 bits per heavy atom. The maximum absolute atomic E-state index is 9.44. The van der Waals surface area contributed by atoms with Crippen molar-refractivity contribution in [2.24, 2.45) is 0 Å². The maximum Gasteiger partial charge on any atom is 0.148 e. The summed E-state index contributed by atoms with van der Waals surface area (Å²) in [7, 11) is 0. The molecule has 5 N–H and O–H groups in total. The monoisotopic (exact) mass is 219 g/mol. The molecule has 0 saturated heterocycles. The number of aromatic nitrogens is 2. The first-order valence-electron chi connectivity index (χ1n) is 3.81. The highest BCUT2D eigenvalue weighted by molar-refractivity contribution is 6.29. The molecule has 2 atom stereocenters. The molecule has 78 valence electrons. The van der Waals surface area contributed by atoms with E-state index in [9.17, 15) is 5.11 Å². The van der Waals surface area contributed by atoms with Crippen LogP contribution in [0.4, 0.5) is 5.82 Å². The third kappa shape index (κ3) is 2.30. The largest absolute Gasteiger partial charge is 0.394 e. The van der Waals surface area contributed by atoms with Crippen LogP contribution in [-0.4, -0.2) is 38.0 Å². The van der Waals surface area contributed by atoms with Crippen molar-refractivity contribution in [1.29, 1.82) is 0 Å². The Balaban J connectivity index is 2.99. The lowest BCUT2D eigenvalue weighted by molar-refractivity contribution is -0.0170. The Morgan fingerprint density at radius 3 is 2.71 bits per heavy atom. The molecule has 6 nitrogen and oxygen atoms in total. The van der Waals surface area contributed by atoms with E-state index in [1.807, 2.05) is 0 Å². The Bertz CT molecular complexity index is 323. The Kier molecular flexibility index (Phi) is 3.59. The van der Waals surface area contributed by atoms with Crippen LogP contribution in [0.25, 0.3) is 0 Å². The zero-order chi connectivity index (χ0) is 10.7. The predicted octanol–water partition coefficient (Wildman–Crippen LogP) is -0.901. The van der Waals surface area contributed by atoms with E-state index in [2.05, 4.69) is 9.97 Å². The van der Waals surface area contributed by atoms with Crippen LogP contribution >= 0.6 is 11.6 Å². The average molecular weight is 220 g/mol. The molecular formula is C7H10ClN3O3. The molecule has 0 aliphatic heterocycles. The van der Waals surface area contributed by atoms with E-state index in [-0.39, 0.29) is 16.7 Å². The molecule has 0 amide bonds. The van der Waals surface area contributed by atoms with Crippen molar-refractivity contribution in [3.05, 3.63) is 17.0 Å². The third-order valence-electron chi connectivity index (χ3n) is 1.63. The van der Waals surface area contributed by atoms with E-state index < -0.39 is 18.8 Å². The summed E-state index contributed by atoms with van der Waals surface area (Å²) in [6.45, 7) is -0.602. The molecule has 0 fully saturated rings. The standard InChI is InChI=1S/C7H10ClN3O3/c8-4-1-10-7(9)5(11-4)6(14)3(13)2-12/h1,3,6,12-14H,2H2,(H2,9,10). The first-order valence-corrected chi connectivity index (χ1v) is 4.19. The fourth-order valence-corrected chi connectivity index (χ4v) is 1.03. The van der Waals surface area contributed by atoms with Crippen molar-refractivity contribution in [1.82, 2.24) is 9.97 Å². The van der Waals surface area contributed by atoms with Crippen molar-refractivity contribution in [2.75, 3.05) is 12.3 Å². The summed E-state index contributed by atoms with van der Waals surface area (Å²) in [4.78, 5) is 7.35. The van der Waals surface area contributed by atoms with Crippen molar-refractivity contribution < 1.29 is 15.3 Å². The summed E-state index contributed by atoms with van der Waals surface area (Å²) in [5.41, 5.74) is 5.36. The zero-order valence-electron chi connectivity index (χ0n) is 7.13. The number of hydrogen-bond acceptors (Lipinski definition) is 6. The van der Waals surface area contributed by atoms with E-state index in [1.165, 1.54) is 6.20 Å². The number of nitrogens with two attached hydrogens (primary N) is 1. The minimum absolute atomic E-state index is 0.0330. The number of aliphatic hydroxyl groups is 3. The van der Waals surface area contributed by atoms with Crippen LogP contribution in [0.3, 0.4) is 0 Å². The number of aliphatic hydroxyl groups excluding tert-OH is 3. The van der Waals surface area contributed by atoms with Gasteiger partial charge >= 0.3 is 0 Å². The van der Waals surface area contributed by atoms with Gasteiger partial charge in [0.25, 0.3) is 0 Å². The van der Waals surface area contributed by atoms with E-state index in [0.29, 0.717) is 0 Å². The third-order valence-corrected chi connectivity index (χ3v) is 1.81. The van der Waals surface area contributed by atoms with Crippen LogP contribution in [-0.2, 0) is 0 Å². The summed E-state index contributed by atoms with van der Waals surface area (Å²) in [6, 6.07) is 0. The molecule has 0 aliphatic rings. The number of rotatable bonds is 3. The van der Waals surface area contributed by atoms with Crippen molar-refractivity contribution in [3.8, 4) is 0 Å². The number of nitrogen functional groups attached to an aromatic ring is 1. The first kappa shape index (κ1) is 11.1. The van der Waals surface area contributed by atoms with Crippen LogP contribution in [0, 0.1) is 0 Å². The average Bonchev–Trinajstić information content (AvgIpc) is 2.19. The van der Waals surface area contributed by atoms with Crippen LogP contribution in [0.5, 0.6) is 0 Å². The highest BCUT2D eigenvalue weighted by Crippen LogP contribution is 2.20. The Labute approximate surface area is 85.0 Å². The summed E-state index contributed by atoms with van der Waals surface area (Å²) in [6.07, 6.45) is -1.53. The lowest BCUT2D eigenvalue weighted by Crippen LogP contribution is -2.24. The van der Waals surface area contributed by atoms with E-state index in [4.69, 9.17) is 27.5 Å². The summed E-state index contributed by atoms with van der Waals surface area (Å²) >= 11 is 5.52. The van der Waals surface area contributed by atoms with Gasteiger partial charge < -0.3 is 21.1 Å². The molecule has 14 heavy (non-hydrogen) atoms. The van der Waals surface area contributed by atoms with Crippen LogP contribution in [0.1, 0.15) is 11.8 Å². The molecule has 1 rings (SSSR count). The first-order chi connectivity index (χ1) is 6.56. The molecule has 0 spiro atoms. The second kappa shape index (κ2) is 4.52. The highest BCUT2D eigenvalue weighted by Gasteiger charge is 2.22. The summed E-state index contributed by atoms with van der Waals surface area (Å²) in [5.74, 6) is -0.0330.